The van der Waals surface area contributed by atoms with Gasteiger partial charge in [0.15, 0.2) is 0 Å². The Morgan fingerprint density at radius 2 is 1.81 bits per heavy atom. The van der Waals surface area contributed by atoms with E-state index < -0.39 is 0 Å². The topological polar surface area (TPSA) is 72.0 Å². The molecule has 1 aromatic carbocycles. The van der Waals surface area contributed by atoms with Crippen molar-refractivity contribution in [2.45, 2.75) is 6.61 Å². The number of hydrogen-bond acceptors (Lipinski definition) is 6. The van der Waals surface area contributed by atoms with Crippen LogP contribution in [0, 0.1) is 0 Å². The third-order valence-corrected chi connectivity index (χ3v) is 4.91. The van der Waals surface area contributed by atoms with Gasteiger partial charge < -0.3 is 9.47 Å². The summed E-state index contributed by atoms with van der Waals surface area (Å²) < 4.78 is 10.6. The minimum Gasteiger partial charge on any atom is -0.379 e. The number of pyridine rings is 1. The van der Waals surface area contributed by atoms with Gasteiger partial charge in [-0.05, 0) is 6.07 Å². The number of morpholine rings is 1. The highest BCUT2D eigenvalue weighted by Gasteiger charge is 2.39. The highest BCUT2D eigenvalue weighted by atomic mass is 16.5. The molecular formula is C19H21N3O4. The van der Waals surface area contributed by atoms with Crippen LogP contribution in [-0.2, 0) is 16.1 Å². The molecule has 0 saturated carbocycles. The maximum absolute atomic E-state index is 13.0. The van der Waals surface area contributed by atoms with Crippen LogP contribution >= 0.6 is 0 Å². The van der Waals surface area contributed by atoms with Gasteiger partial charge in [-0.25, -0.2) is 4.98 Å². The van der Waals surface area contributed by atoms with E-state index in [2.05, 4.69) is 9.88 Å². The average Bonchev–Trinajstić information content (AvgIpc) is 2.92. The van der Waals surface area contributed by atoms with Crippen LogP contribution in [0.2, 0.25) is 0 Å². The summed E-state index contributed by atoms with van der Waals surface area (Å²) in [6, 6.07) is 7.42. The number of imide groups is 1. The Morgan fingerprint density at radius 1 is 1.08 bits per heavy atom. The molecule has 0 aliphatic carbocycles. The van der Waals surface area contributed by atoms with E-state index in [1.165, 1.54) is 4.90 Å². The van der Waals surface area contributed by atoms with E-state index in [9.17, 15) is 9.59 Å². The van der Waals surface area contributed by atoms with E-state index >= 15 is 0 Å². The predicted octanol–water partition coefficient (Wildman–Crippen LogP) is 1.31. The summed E-state index contributed by atoms with van der Waals surface area (Å²) in [6.45, 7) is 4.24. The van der Waals surface area contributed by atoms with Crippen molar-refractivity contribution in [3.8, 4) is 0 Å². The van der Waals surface area contributed by atoms with E-state index in [0.29, 0.717) is 48.6 Å². The number of benzene rings is 1. The monoisotopic (exact) mass is 355 g/mol. The van der Waals surface area contributed by atoms with Crippen LogP contribution in [0.3, 0.4) is 0 Å². The van der Waals surface area contributed by atoms with Gasteiger partial charge in [0.05, 0.1) is 42.2 Å². The molecule has 0 N–H and O–H groups in total. The number of rotatable bonds is 5. The van der Waals surface area contributed by atoms with Crippen molar-refractivity contribution in [3.05, 3.63) is 41.1 Å². The van der Waals surface area contributed by atoms with E-state index in [1.807, 2.05) is 24.3 Å². The number of hydrogen-bond donors (Lipinski definition) is 0. The largest absolute Gasteiger partial charge is 0.379 e. The van der Waals surface area contributed by atoms with Gasteiger partial charge in [0, 0.05) is 38.7 Å². The Kier molecular flexibility index (Phi) is 4.67. The molecule has 0 bridgehead atoms. The number of carbonyl (C=O) groups is 2. The second-order valence-corrected chi connectivity index (χ2v) is 6.47. The minimum atomic E-state index is -0.274. The first-order chi connectivity index (χ1) is 12.7. The van der Waals surface area contributed by atoms with Gasteiger partial charge in [-0.3, -0.25) is 19.4 Å². The summed E-state index contributed by atoms with van der Waals surface area (Å²) in [5.41, 5.74) is 2.06. The molecule has 0 spiro atoms. The predicted molar refractivity (Wildman–Crippen MR) is 95.1 cm³/mol. The smallest absolute Gasteiger partial charge is 0.263 e. The summed E-state index contributed by atoms with van der Waals surface area (Å²) >= 11 is 0. The highest BCUT2D eigenvalue weighted by molar-refractivity contribution is 6.26. The fourth-order valence-corrected chi connectivity index (χ4v) is 3.59. The number of para-hydroxylation sites is 1. The molecule has 0 atom stereocenters. The number of amides is 2. The molecule has 0 radical (unpaired) electrons. The Bertz CT molecular complexity index is 861. The summed E-state index contributed by atoms with van der Waals surface area (Å²) in [5, 5.41) is 0.717. The number of methoxy groups -OCH3 is 1. The Morgan fingerprint density at radius 3 is 2.58 bits per heavy atom. The zero-order valence-electron chi connectivity index (χ0n) is 14.7. The molecule has 26 heavy (non-hydrogen) atoms. The molecule has 7 heteroatoms. The van der Waals surface area contributed by atoms with Gasteiger partial charge >= 0.3 is 0 Å². The van der Waals surface area contributed by atoms with Crippen LogP contribution in [0.25, 0.3) is 10.9 Å². The lowest BCUT2D eigenvalue weighted by atomic mass is 10.0. The Hall–Kier alpha value is -2.35. The molecule has 1 fully saturated rings. The van der Waals surface area contributed by atoms with E-state index in [1.54, 1.807) is 7.11 Å². The van der Waals surface area contributed by atoms with Gasteiger partial charge in [-0.15, -0.1) is 0 Å². The van der Waals surface area contributed by atoms with Crippen molar-refractivity contribution in [1.82, 2.24) is 14.8 Å². The zero-order valence-corrected chi connectivity index (χ0v) is 14.7. The number of fused-ring (bicyclic) bond motifs is 3. The average molecular weight is 355 g/mol. The molecule has 3 heterocycles. The maximum Gasteiger partial charge on any atom is 0.263 e. The molecule has 2 aromatic rings. The molecule has 7 nitrogen and oxygen atoms in total. The number of ether oxygens (including phenoxy) is 2. The summed E-state index contributed by atoms with van der Waals surface area (Å²) in [5.74, 6) is -0.516. The van der Waals surface area contributed by atoms with Gasteiger partial charge in [0.1, 0.15) is 0 Å². The molecule has 2 amide bonds. The highest BCUT2D eigenvalue weighted by Crippen LogP contribution is 2.31. The van der Waals surface area contributed by atoms with Crippen LogP contribution in [0.4, 0.5) is 0 Å². The van der Waals surface area contributed by atoms with E-state index in [-0.39, 0.29) is 18.4 Å². The van der Waals surface area contributed by atoms with Crippen LogP contribution < -0.4 is 0 Å². The third-order valence-electron chi connectivity index (χ3n) is 4.91. The first-order valence-electron chi connectivity index (χ1n) is 8.77. The van der Waals surface area contributed by atoms with Gasteiger partial charge in [0.2, 0.25) is 0 Å². The Balaban J connectivity index is 1.68. The van der Waals surface area contributed by atoms with E-state index in [4.69, 9.17) is 9.47 Å². The lowest BCUT2D eigenvalue weighted by molar-refractivity contribution is 0.0325. The third kappa shape index (κ3) is 2.88. The molecule has 2 aliphatic heterocycles. The van der Waals surface area contributed by atoms with Crippen LogP contribution in [0.1, 0.15) is 26.4 Å². The van der Waals surface area contributed by atoms with Crippen LogP contribution in [-0.4, -0.2) is 73.1 Å². The van der Waals surface area contributed by atoms with E-state index in [0.717, 1.165) is 18.5 Å². The van der Waals surface area contributed by atoms with Crippen molar-refractivity contribution in [2.24, 2.45) is 0 Å². The first kappa shape index (κ1) is 17.1. The lowest BCUT2D eigenvalue weighted by Gasteiger charge is -2.27. The van der Waals surface area contributed by atoms with Crippen LogP contribution in [0.5, 0.6) is 0 Å². The molecule has 1 saturated heterocycles. The lowest BCUT2D eigenvalue weighted by Crippen LogP contribution is -2.43. The molecule has 1 aromatic heterocycles. The van der Waals surface area contributed by atoms with Crippen LogP contribution in [0.15, 0.2) is 24.3 Å². The number of nitrogens with zero attached hydrogens (tertiary/aromatic N) is 3. The normalized spacial score (nSPS) is 18.0. The molecule has 2 aliphatic rings. The zero-order chi connectivity index (χ0) is 18.1. The maximum atomic E-state index is 13.0. The fraction of sp³-hybridized carbons (Fsp3) is 0.421. The van der Waals surface area contributed by atoms with Crippen molar-refractivity contribution >= 4 is 22.7 Å². The first-order valence-corrected chi connectivity index (χ1v) is 8.77. The second-order valence-electron chi connectivity index (χ2n) is 6.47. The second kappa shape index (κ2) is 7.11. The summed E-state index contributed by atoms with van der Waals surface area (Å²) in [4.78, 5) is 34.1. The van der Waals surface area contributed by atoms with Gasteiger partial charge in [-0.1, -0.05) is 18.2 Å². The summed E-state index contributed by atoms with van der Waals surface area (Å²) in [7, 11) is 1.56. The molecule has 136 valence electrons. The Labute approximate surface area is 151 Å². The van der Waals surface area contributed by atoms with Crippen molar-refractivity contribution in [3.63, 3.8) is 0 Å². The van der Waals surface area contributed by atoms with Crippen molar-refractivity contribution in [2.75, 3.05) is 46.5 Å². The van der Waals surface area contributed by atoms with Crippen molar-refractivity contribution < 1.29 is 19.1 Å². The fourth-order valence-electron chi connectivity index (χ4n) is 3.59. The quantitative estimate of drug-likeness (QED) is 0.753. The SMILES string of the molecule is COCc1nc2ccccc2c2c1C(=O)N(CCN1CCOCC1)C2=O. The molecular weight excluding hydrogens is 334 g/mol. The summed E-state index contributed by atoms with van der Waals surface area (Å²) in [6.07, 6.45) is 0. The molecule has 4 rings (SSSR count). The van der Waals surface area contributed by atoms with Gasteiger partial charge in [0.25, 0.3) is 11.8 Å². The van der Waals surface area contributed by atoms with Crippen molar-refractivity contribution in [1.29, 1.82) is 0 Å². The van der Waals surface area contributed by atoms with Gasteiger partial charge in [-0.2, -0.15) is 0 Å². The number of aromatic nitrogens is 1. The minimum absolute atomic E-state index is 0.198. The number of carbonyl (C=O) groups excluding carboxylic acids is 2. The standard InChI is InChI=1S/C19H21N3O4/c1-25-12-15-17-16(13-4-2-3-5-14(13)20-15)18(23)22(19(17)24)7-6-21-8-10-26-11-9-21/h2-5H,6-12H2,1H3. The molecule has 0 unspecified atom stereocenters.